The van der Waals surface area contributed by atoms with E-state index in [-0.39, 0.29) is 11.9 Å². The zero-order valence-corrected chi connectivity index (χ0v) is 13.0. The molecule has 106 valence electrons. The van der Waals surface area contributed by atoms with Crippen LogP contribution < -0.4 is 5.32 Å². The third-order valence-corrected chi connectivity index (χ3v) is 3.76. The Balaban J connectivity index is 2.20. The van der Waals surface area contributed by atoms with E-state index >= 15 is 0 Å². The number of aromatic nitrogens is 1. The summed E-state index contributed by atoms with van der Waals surface area (Å²) in [7, 11) is 0. The van der Waals surface area contributed by atoms with Crippen LogP contribution in [-0.4, -0.2) is 11.5 Å². The normalized spacial score (nSPS) is 12.3. The number of nitrogens with zero attached hydrogens (tertiary/aromatic N) is 1. The number of halogens is 2. The van der Waals surface area contributed by atoms with Gasteiger partial charge >= 0.3 is 0 Å². The third kappa shape index (κ3) is 4.12. The SMILES string of the molecule is CCCNC(Cc1cccnc1)c1ccc(F)c(Br)c1. The first-order valence-corrected chi connectivity index (χ1v) is 7.57. The largest absolute Gasteiger partial charge is 0.310 e. The summed E-state index contributed by atoms with van der Waals surface area (Å²) in [5.74, 6) is -0.232. The quantitative estimate of drug-likeness (QED) is 0.852. The van der Waals surface area contributed by atoms with Gasteiger partial charge < -0.3 is 5.32 Å². The van der Waals surface area contributed by atoms with Crippen LogP contribution >= 0.6 is 15.9 Å². The van der Waals surface area contributed by atoms with Gasteiger partial charge in [0.1, 0.15) is 5.82 Å². The molecule has 0 bridgehead atoms. The summed E-state index contributed by atoms with van der Waals surface area (Å²) in [5.41, 5.74) is 2.25. The van der Waals surface area contributed by atoms with Crippen molar-refractivity contribution in [1.82, 2.24) is 10.3 Å². The maximum absolute atomic E-state index is 13.4. The molecule has 2 aromatic rings. The minimum absolute atomic E-state index is 0.163. The third-order valence-electron chi connectivity index (χ3n) is 3.15. The van der Waals surface area contributed by atoms with Crippen LogP contribution in [0.3, 0.4) is 0 Å². The first-order chi connectivity index (χ1) is 9.70. The van der Waals surface area contributed by atoms with Crippen molar-refractivity contribution in [2.24, 2.45) is 0 Å². The number of hydrogen-bond donors (Lipinski definition) is 1. The summed E-state index contributed by atoms with van der Waals surface area (Å²) in [6.07, 6.45) is 5.55. The van der Waals surface area contributed by atoms with Crippen molar-refractivity contribution < 1.29 is 4.39 Å². The first kappa shape index (κ1) is 15.1. The van der Waals surface area contributed by atoms with E-state index in [2.05, 4.69) is 39.2 Å². The van der Waals surface area contributed by atoms with E-state index in [0.717, 1.165) is 24.9 Å². The summed E-state index contributed by atoms with van der Waals surface area (Å²) in [4.78, 5) is 4.15. The highest BCUT2D eigenvalue weighted by atomic mass is 79.9. The van der Waals surface area contributed by atoms with Crippen LogP contribution in [0.1, 0.15) is 30.5 Å². The topological polar surface area (TPSA) is 24.9 Å². The summed E-state index contributed by atoms with van der Waals surface area (Å²) in [5, 5.41) is 3.51. The summed E-state index contributed by atoms with van der Waals surface area (Å²) >= 11 is 3.25. The lowest BCUT2D eigenvalue weighted by Gasteiger charge is -2.19. The molecule has 1 atom stereocenters. The molecule has 2 rings (SSSR count). The van der Waals surface area contributed by atoms with Crippen LogP contribution in [0.2, 0.25) is 0 Å². The fourth-order valence-corrected chi connectivity index (χ4v) is 2.51. The van der Waals surface area contributed by atoms with Gasteiger partial charge in [0.2, 0.25) is 0 Å². The van der Waals surface area contributed by atoms with Gasteiger partial charge in [0.25, 0.3) is 0 Å². The molecule has 0 aliphatic carbocycles. The van der Waals surface area contributed by atoms with Crippen LogP contribution in [0.15, 0.2) is 47.2 Å². The Morgan fingerprint density at radius 3 is 2.85 bits per heavy atom. The van der Waals surface area contributed by atoms with Crippen molar-refractivity contribution in [2.45, 2.75) is 25.8 Å². The average molecular weight is 337 g/mol. The summed E-state index contributed by atoms with van der Waals surface area (Å²) in [6.45, 7) is 3.06. The van der Waals surface area contributed by atoms with Crippen LogP contribution in [0.5, 0.6) is 0 Å². The molecule has 0 saturated heterocycles. The van der Waals surface area contributed by atoms with Crippen LogP contribution in [0.4, 0.5) is 4.39 Å². The molecule has 2 nitrogen and oxygen atoms in total. The lowest BCUT2D eigenvalue weighted by molar-refractivity contribution is 0.526. The zero-order chi connectivity index (χ0) is 14.4. The minimum Gasteiger partial charge on any atom is -0.310 e. The fraction of sp³-hybridized carbons (Fsp3) is 0.312. The molecular formula is C16H18BrFN2. The summed E-state index contributed by atoms with van der Waals surface area (Å²) in [6, 6.07) is 9.35. The number of rotatable bonds is 6. The average Bonchev–Trinajstić information content (AvgIpc) is 2.47. The molecule has 1 aromatic carbocycles. The Kier molecular flexibility index (Phi) is 5.68. The number of pyridine rings is 1. The molecule has 1 heterocycles. The molecule has 0 amide bonds. The van der Waals surface area contributed by atoms with Crippen molar-refractivity contribution in [1.29, 1.82) is 0 Å². The van der Waals surface area contributed by atoms with Gasteiger partial charge in [-0.05, 0) is 64.6 Å². The van der Waals surface area contributed by atoms with Crippen molar-refractivity contribution in [2.75, 3.05) is 6.54 Å². The molecule has 1 aromatic heterocycles. The number of hydrogen-bond acceptors (Lipinski definition) is 2. The van der Waals surface area contributed by atoms with Crippen molar-refractivity contribution in [3.8, 4) is 0 Å². The van der Waals surface area contributed by atoms with Crippen LogP contribution in [0, 0.1) is 5.82 Å². The van der Waals surface area contributed by atoms with Crippen molar-refractivity contribution in [3.63, 3.8) is 0 Å². The van der Waals surface area contributed by atoms with E-state index < -0.39 is 0 Å². The van der Waals surface area contributed by atoms with Gasteiger partial charge in [-0.2, -0.15) is 0 Å². The molecule has 0 radical (unpaired) electrons. The lowest BCUT2D eigenvalue weighted by atomic mass is 9.99. The van der Waals surface area contributed by atoms with Gasteiger partial charge in [-0.15, -0.1) is 0 Å². The lowest BCUT2D eigenvalue weighted by Crippen LogP contribution is -2.24. The van der Waals surface area contributed by atoms with Crippen LogP contribution in [0.25, 0.3) is 0 Å². The molecule has 1 N–H and O–H groups in total. The molecular weight excluding hydrogens is 319 g/mol. The van der Waals surface area contributed by atoms with Gasteiger partial charge in [-0.3, -0.25) is 4.98 Å². The molecule has 20 heavy (non-hydrogen) atoms. The molecule has 0 saturated carbocycles. The highest BCUT2D eigenvalue weighted by Gasteiger charge is 2.13. The Hall–Kier alpha value is -1.26. The van der Waals surface area contributed by atoms with Gasteiger partial charge in [0.15, 0.2) is 0 Å². The van der Waals surface area contributed by atoms with E-state index in [0.29, 0.717) is 4.47 Å². The Labute approximate surface area is 127 Å². The smallest absolute Gasteiger partial charge is 0.137 e. The zero-order valence-electron chi connectivity index (χ0n) is 11.4. The van der Waals surface area contributed by atoms with E-state index in [4.69, 9.17) is 0 Å². The van der Waals surface area contributed by atoms with Gasteiger partial charge in [0.05, 0.1) is 4.47 Å². The second-order valence-electron chi connectivity index (χ2n) is 4.75. The van der Waals surface area contributed by atoms with E-state index in [1.165, 1.54) is 11.6 Å². The minimum atomic E-state index is -0.232. The highest BCUT2D eigenvalue weighted by molar-refractivity contribution is 9.10. The highest BCUT2D eigenvalue weighted by Crippen LogP contribution is 2.24. The number of nitrogens with one attached hydrogen (secondary N) is 1. The molecule has 0 spiro atoms. The van der Waals surface area contributed by atoms with Crippen molar-refractivity contribution >= 4 is 15.9 Å². The van der Waals surface area contributed by atoms with Gasteiger partial charge in [0, 0.05) is 18.4 Å². The first-order valence-electron chi connectivity index (χ1n) is 6.78. The fourth-order valence-electron chi connectivity index (χ4n) is 2.11. The summed E-state index contributed by atoms with van der Waals surface area (Å²) < 4.78 is 13.9. The van der Waals surface area contributed by atoms with Gasteiger partial charge in [-0.25, -0.2) is 4.39 Å². The van der Waals surface area contributed by atoms with E-state index in [9.17, 15) is 4.39 Å². The predicted octanol–water partition coefficient (Wildman–Crippen LogP) is 4.27. The predicted molar refractivity (Wildman–Crippen MR) is 83.1 cm³/mol. The molecule has 0 aliphatic rings. The standard InChI is InChI=1S/C16H18BrFN2/c1-2-7-20-16(9-12-4-3-8-19-11-12)13-5-6-15(18)14(17)10-13/h3-6,8,10-11,16,20H,2,7,9H2,1H3. The Bertz CT molecular complexity index is 545. The van der Waals surface area contributed by atoms with Crippen molar-refractivity contribution in [3.05, 3.63) is 64.1 Å². The van der Waals surface area contributed by atoms with E-state index in [1.807, 2.05) is 24.4 Å². The molecule has 4 heteroatoms. The Morgan fingerprint density at radius 2 is 2.20 bits per heavy atom. The molecule has 1 unspecified atom stereocenters. The monoisotopic (exact) mass is 336 g/mol. The van der Waals surface area contributed by atoms with Crippen LogP contribution in [-0.2, 0) is 6.42 Å². The van der Waals surface area contributed by atoms with E-state index in [1.54, 1.807) is 6.20 Å². The maximum Gasteiger partial charge on any atom is 0.137 e. The van der Waals surface area contributed by atoms with Gasteiger partial charge in [-0.1, -0.05) is 19.1 Å². The molecule has 0 aliphatic heterocycles. The second-order valence-corrected chi connectivity index (χ2v) is 5.60. The second kappa shape index (κ2) is 7.50. The Morgan fingerprint density at radius 1 is 1.35 bits per heavy atom. The molecule has 0 fully saturated rings. The maximum atomic E-state index is 13.4. The number of benzene rings is 1.